The van der Waals surface area contributed by atoms with Gasteiger partial charge >= 0.3 is 0 Å². The number of nitrogens with one attached hydrogen (secondary N) is 4. The molecule has 4 N–H and O–H groups in total. The Morgan fingerprint density at radius 3 is 3.00 bits per heavy atom. The maximum atomic E-state index is 12.2. The number of halogens is 1. The van der Waals surface area contributed by atoms with Gasteiger partial charge in [0.05, 0.1) is 10.5 Å². The Bertz CT molecular complexity index is 763. The molecule has 2 heterocycles. The zero-order chi connectivity index (χ0) is 18.4. The summed E-state index contributed by atoms with van der Waals surface area (Å²) >= 11 is 3.45. The molecule has 1 saturated heterocycles. The minimum atomic E-state index is -0.103. The predicted molar refractivity (Wildman–Crippen MR) is 108 cm³/mol. The molecular formula is C18H23BrN6O. The van der Waals surface area contributed by atoms with Crippen LogP contribution >= 0.6 is 15.9 Å². The summed E-state index contributed by atoms with van der Waals surface area (Å²) in [5.74, 6) is 1.25. The number of carbonyl (C=O) groups excluding carboxylic acids is 1. The van der Waals surface area contributed by atoms with E-state index in [0.29, 0.717) is 5.95 Å². The normalized spacial score (nSPS) is 16.3. The molecule has 26 heavy (non-hydrogen) atoms. The van der Waals surface area contributed by atoms with Crippen LogP contribution in [0.4, 0.5) is 23.1 Å². The lowest BCUT2D eigenvalue weighted by molar-refractivity contribution is -0.117. The van der Waals surface area contributed by atoms with Crippen LogP contribution in [0.25, 0.3) is 0 Å². The number of benzene rings is 1. The Labute approximate surface area is 161 Å². The third-order valence-corrected chi connectivity index (χ3v) is 4.63. The van der Waals surface area contributed by atoms with Crippen molar-refractivity contribution < 1.29 is 4.79 Å². The van der Waals surface area contributed by atoms with Crippen molar-refractivity contribution in [2.45, 2.75) is 32.2 Å². The van der Waals surface area contributed by atoms with Crippen LogP contribution in [0.5, 0.6) is 0 Å². The van der Waals surface area contributed by atoms with Gasteiger partial charge in [0.15, 0.2) is 0 Å². The van der Waals surface area contributed by atoms with Gasteiger partial charge in [0.1, 0.15) is 5.82 Å². The van der Waals surface area contributed by atoms with Gasteiger partial charge in [0.25, 0.3) is 0 Å². The molecule has 1 atom stereocenters. The van der Waals surface area contributed by atoms with Gasteiger partial charge in [-0.3, -0.25) is 4.79 Å². The van der Waals surface area contributed by atoms with E-state index in [1.54, 1.807) is 6.20 Å². The van der Waals surface area contributed by atoms with Crippen LogP contribution in [-0.4, -0.2) is 35.0 Å². The summed E-state index contributed by atoms with van der Waals surface area (Å²) in [6.07, 6.45) is 4.64. The third kappa shape index (κ3) is 4.92. The maximum absolute atomic E-state index is 12.2. The SMILES string of the molecule is CCCNc1nc(Nc2cccc(NC(=O)[C@@H]3CCCN3)c2)ncc1Br. The highest BCUT2D eigenvalue weighted by Crippen LogP contribution is 2.23. The molecule has 1 aliphatic heterocycles. The zero-order valence-electron chi connectivity index (χ0n) is 14.7. The summed E-state index contributed by atoms with van der Waals surface area (Å²) in [4.78, 5) is 21.0. The quantitative estimate of drug-likeness (QED) is 0.549. The van der Waals surface area contributed by atoms with Crippen LogP contribution in [0, 0.1) is 0 Å². The summed E-state index contributed by atoms with van der Waals surface area (Å²) in [5, 5.41) is 12.6. The predicted octanol–water partition coefficient (Wildman–Crippen LogP) is 3.50. The summed E-state index contributed by atoms with van der Waals surface area (Å²) in [6, 6.07) is 7.43. The van der Waals surface area contributed by atoms with E-state index in [1.165, 1.54) is 0 Å². The number of aromatic nitrogens is 2. The number of nitrogens with zero attached hydrogens (tertiary/aromatic N) is 2. The highest BCUT2D eigenvalue weighted by Gasteiger charge is 2.21. The number of hydrogen-bond acceptors (Lipinski definition) is 6. The second-order valence-corrected chi connectivity index (χ2v) is 7.02. The number of amides is 1. The Morgan fingerprint density at radius 2 is 2.23 bits per heavy atom. The second-order valence-electron chi connectivity index (χ2n) is 6.16. The fourth-order valence-corrected chi connectivity index (χ4v) is 3.07. The summed E-state index contributed by atoms with van der Waals surface area (Å²) in [6.45, 7) is 3.84. The molecule has 0 aliphatic carbocycles. The van der Waals surface area contributed by atoms with Crippen molar-refractivity contribution in [3.05, 3.63) is 34.9 Å². The summed E-state index contributed by atoms with van der Waals surface area (Å²) in [7, 11) is 0. The van der Waals surface area contributed by atoms with Crippen LogP contribution < -0.4 is 21.3 Å². The molecule has 1 aromatic heterocycles. The van der Waals surface area contributed by atoms with Gasteiger partial charge in [-0.25, -0.2) is 4.98 Å². The molecule has 2 aromatic rings. The molecule has 8 heteroatoms. The van der Waals surface area contributed by atoms with E-state index in [1.807, 2.05) is 24.3 Å². The lowest BCUT2D eigenvalue weighted by Gasteiger charge is -2.13. The molecule has 1 amide bonds. The second kappa shape index (κ2) is 8.95. The molecular weight excluding hydrogens is 396 g/mol. The minimum absolute atomic E-state index is 0.00518. The monoisotopic (exact) mass is 418 g/mol. The van der Waals surface area contributed by atoms with E-state index in [2.05, 4.69) is 54.1 Å². The molecule has 138 valence electrons. The van der Waals surface area contributed by atoms with Gasteiger partial charge in [-0.15, -0.1) is 0 Å². The Kier molecular flexibility index (Phi) is 6.40. The standard InChI is InChI=1S/C18H23BrN6O/c1-2-8-21-16-14(19)11-22-18(25-16)24-13-6-3-5-12(10-13)23-17(26)15-7-4-9-20-15/h3,5-6,10-11,15,20H,2,4,7-9H2,1H3,(H,23,26)(H2,21,22,24,25)/t15-/m0/s1. The van der Waals surface area contributed by atoms with E-state index in [4.69, 9.17) is 0 Å². The average molecular weight is 419 g/mol. The van der Waals surface area contributed by atoms with Crippen LogP contribution in [0.2, 0.25) is 0 Å². The van der Waals surface area contributed by atoms with Crippen molar-refractivity contribution in [2.24, 2.45) is 0 Å². The van der Waals surface area contributed by atoms with Crippen molar-refractivity contribution in [2.75, 3.05) is 29.0 Å². The van der Waals surface area contributed by atoms with Crippen molar-refractivity contribution in [3.8, 4) is 0 Å². The Morgan fingerprint density at radius 1 is 1.38 bits per heavy atom. The molecule has 1 fully saturated rings. The van der Waals surface area contributed by atoms with Gasteiger partial charge in [-0.1, -0.05) is 13.0 Å². The molecule has 1 aliphatic rings. The number of rotatable bonds is 7. The number of hydrogen-bond donors (Lipinski definition) is 4. The van der Waals surface area contributed by atoms with E-state index < -0.39 is 0 Å². The molecule has 0 saturated carbocycles. The smallest absolute Gasteiger partial charge is 0.241 e. The third-order valence-electron chi connectivity index (χ3n) is 4.05. The van der Waals surface area contributed by atoms with Crippen molar-refractivity contribution in [1.29, 1.82) is 0 Å². The lowest BCUT2D eigenvalue weighted by atomic mass is 10.2. The summed E-state index contributed by atoms with van der Waals surface area (Å²) in [5.41, 5.74) is 1.56. The Hall–Kier alpha value is -2.19. The average Bonchev–Trinajstić information content (AvgIpc) is 3.17. The molecule has 7 nitrogen and oxygen atoms in total. The highest BCUT2D eigenvalue weighted by molar-refractivity contribution is 9.10. The van der Waals surface area contributed by atoms with E-state index in [9.17, 15) is 4.79 Å². The molecule has 3 rings (SSSR count). The first kappa shape index (κ1) is 18.6. The first-order valence-corrected chi connectivity index (χ1v) is 9.62. The fourth-order valence-electron chi connectivity index (χ4n) is 2.74. The van der Waals surface area contributed by atoms with Gasteiger partial charge in [0.2, 0.25) is 11.9 Å². The van der Waals surface area contributed by atoms with Crippen molar-refractivity contribution >= 4 is 45.0 Å². The zero-order valence-corrected chi connectivity index (χ0v) is 16.3. The first-order chi connectivity index (χ1) is 12.7. The molecule has 0 unspecified atom stereocenters. The maximum Gasteiger partial charge on any atom is 0.241 e. The highest BCUT2D eigenvalue weighted by atomic mass is 79.9. The number of anilines is 4. The first-order valence-electron chi connectivity index (χ1n) is 8.83. The molecule has 0 spiro atoms. The van der Waals surface area contributed by atoms with Crippen LogP contribution in [0.3, 0.4) is 0 Å². The molecule has 1 aromatic carbocycles. The molecule has 0 radical (unpaired) electrons. The van der Waals surface area contributed by atoms with Crippen LogP contribution in [0.15, 0.2) is 34.9 Å². The van der Waals surface area contributed by atoms with Gasteiger partial charge < -0.3 is 21.3 Å². The van der Waals surface area contributed by atoms with E-state index >= 15 is 0 Å². The Balaban J connectivity index is 1.67. The molecule has 0 bridgehead atoms. The lowest BCUT2D eigenvalue weighted by Crippen LogP contribution is -2.35. The summed E-state index contributed by atoms with van der Waals surface area (Å²) < 4.78 is 0.821. The van der Waals surface area contributed by atoms with Gasteiger partial charge in [-0.05, 0) is 59.9 Å². The topological polar surface area (TPSA) is 91.0 Å². The van der Waals surface area contributed by atoms with E-state index in [0.717, 1.165) is 54.0 Å². The van der Waals surface area contributed by atoms with Crippen LogP contribution in [-0.2, 0) is 4.79 Å². The number of carbonyl (C=O) groups is 1. The van der Waals surface area contributed by atoms with Crippen molar-refractivity contribution in [3.63, 3.8) is 0 Å². The van der Waals surface area contributed by atoms with Gasteiger partial charge in [-0.2, -0.15) is 4.98 Å². The van der Waals surface area contributed by atoms with Crippen LogP contribution in [0.1, 0.15) is 26.2 Å². The largest absolute Gasteiger partial charge is 0.369 e. The fraction of sp³-hybridized carbons (Fsp3) is 0.389. The van der Waals surface area contributed by atoms with E-state index in [-0.39, 0.29) is 11.9 Å². The minimum Gasteiger partial charge on any atom is -0.369 e. The van der Waals surface area contributed by atoms with Crippen molar-refractivity contribution in [1.82, 2.24) is 15.3 Å². The van der Waals surface area contributed by atoms with Gasteiger partial charge in [0, 0.05) is 24.1 Å².